The Morgan fingerprint density at radius 1 is 0.739 bits per heavy atom. The quantitative estimate of drug-likeness (QED) is 0.159. The van der Waals surface area contributed by atoms with Gasteiger partial charge < -0.3 is 14.5 Å². The summed E-state index contributed by atoms with van der Waals surface area (Å²) < 4.78 is 5.63. The van der Waals surface area contributed by atoms with Crippen molar-refractivity contribution in [2.24, 2.45) is 4.99 Å². The van der Waals surface area contributed by atoms with Crippen LogP contribution in [0.5, 0.6) is 0 Å². The summed E-state index contributed by atoms with van der Waals surface area (Å²) in [6, 6.07) is 27.0. The predicted molar refractivity (Wildman–Crippen MR) is 195 cm³/mol. The van der Waals surface area contributed by atoms with Gasteiger partial charge in [-0.2, -0.15) is 0 Å². The minimum absolute atomic E-state index is 0.0480. The molecule has 0 radical (unpaired) electrons. The van der Waals surface area contributed by atoms with Crippen molar-refractivity contribution in [1.82, 2.24) is 0 Å². The zero-order valence-corrected chi connectivity index (χ0v) is 28.3. The Morgan fingerprint density at radius 2 is 1.24 bits per heavy atom. The molecule has 0 N–H and O–H groups in total. The average Bonchev–Trinajstić information content (AvgIpc) is 3.09. The van der Waals surface area contributed by atoms with Gasteiger partial charge in [-0.05, 0) is 118 Å². The zero-order chi connectivity index (χ0) is 32.6. The number of allylic oxidation sites excluding steroid dienone is 3. The molecule has 1 saturated carbocycles. The van der Waals surface area contributed by atoms with E-state index in [1.165, 1.54) is 39.2 Å². The van der Waals surface area contributed by atoms with Gasteiger partial charge in [0, 0.05) is 48.7 Å². The van der Waals surface area contributed by atoms with E-state index in [2.05, 4.69) is 129 Å². The largest absolute Gasteiger partial charge is 0.459 e. The summed E-state index contributed by atoms with van der Waals surface area (Å²) in [6.07, 6.45) is 7.86. The molecular formula is C41H49N3O2. The third kappa shape index (κ3) is 7.36. The highest BCUT2D eigenvalue weighted by molar-refractivity contribution is 6.19. The number of hydrogen-bond donors (Lipinski definition) is 0. The number of rotatable bonds is 11. The second kappa shape index (κ2) is 15.3. The van der Waals surface area contributed by atoms with E-state index >= 15 is 0 Å². The maximum absolute atomic E-state index is 12.0. The van der Waals surface area contributed by atoms with E-state index in [-0.39, 0.29) is 18.1 Å². The van der Waals surface area contributed by atoms with Crippen LogP contribution in [0.2, 0.25) is 0 Å². The minimum Gasteiger partial charge on any atom is -0.459 e. The van der Waals surface area contributed by atoms with E-state index in [1.54, 1.807) is 6.92 Å². The monoisotopic (exact) mass is 615 g/mol. The molecule has 46 heavy (non-hydrogen) atoms. The number of anilines is 2. The predicted octanol–water partition coefficient (Wildman–Crippen LogP) is 9.13. The number of fused-ring (bicyclic) bond motifs is 1. The third-order valence-electron chi connectivity index (χ3n) is 9.33. The molecule has 3 aromatic carbocycles. The van der Waals surface area contributed by atoms with Crippen LogP contribution in [0.4, 0.5) is 11.4 Å². The van der Waals surface area contributed by atoms with Gasteiger partial charge in [-0.1, -0.05) is 61.2 Å². The van der Waals surface area contributed by atoms with Crippen molar-refractivity contribution in [2.45, 2.75) is 72.4 Å². The molecule has 5 rings (SSSR count). The van der Waals surface area contributed by atoms with Gasteiger partial charge in [0.05, 0.1) is 11.8 Å². The Balaban J connectivity index is 1.53. The summed E-state index contributed by atoms with van der Waals surface area (Å²) in [5, 5.41) is 0. The second-order valence-electron chi connectivity index (χ2n) is 12.2. The number of ether oxygens (including phenoxy) is 1. The van der Waals surface area contributed by atoms with E-state index in [1.807, 2.05) is 0 Å². The molecule has 240 valence electrons. The Morgan fingerprint density at radius 3 is 1.72 bits per heavy atom. The van der Waals surface area contributed by atoms with E-state index in [4.69, 9.17) is 9.73 Å². The second-order valence-corrected chi connectivity index (χ2v) is 12.2. The fourth-order valence-corrected chi connectivity index (χ4v) is 6.69. The highest BCUT2D eigenvalue weighted by Crippen LogP contribution is 2.38. The minimum atomic E-state index is -0.292. The van der Waals surface area contributed by atoms with Gasteiger partial charge in [-0.3, -0.25) is 4.99 Å². The molecule has 0 aliphatic heterocycles. The van der Waals surface area contributed by atoms with Crippen molar-refractivity contribution in [1.29, 1.82) is 0 Å². The maximum Gasteiger partial charge on any atom is 0.333 e. The molecule has 1 fully saturated rings. The van der Waals surface area contributed by atoms with E-state index in [9.17, 15) is 4.79 Å². The van der Waals surface area contributed by atoms with Crippen LogP contribution in [0, 0.1) is 0 Å². The van der Waals surface area contributed by atoms with Crippen molar-refractivity contribution < 1.29 is 9.53 Å². The smallest absolute Gasteiger partial charge is 0.333 e. The Hall–Kier alpha value is -4.38. The first-order chi connectivity index (χ1) is 22.4. The van der Waals surface area contributed by atoms with Gasteiger partial charge in [0.2, 0.25) is 0 Å². The number of aliphatic imine (C=N–C) groups is 1. The highest BCUT2D eigenvalue weighted by Gasteiger charge is 2.26. The molecule has 5 nitrogen and oxygen atoms in total. The lowest BCUT2D eigenvalue weighted by Gasteiger charge is -2.27. The van der Waals surface area contributed by atoms with Crippen LogP contribution in [0.15, 0.2) is 102 Å². The molecule has 0 atom stereocenters. The lowest BCUT2D eigenvalue weighted by Crippen LogP contribution is -2.27. The normalized spacial score (nSPS) is 18.2. The summed E-state index contributed by atoms with van der Waals surface area (Å²) in [6.45, 7) is 18.2. The first-order valence-electron chi connectivity index (χ1n) is 17.0. The first-order valence-corrected chi connectivity index (χ1v) is 17.0. The maximum atomic E-state index is 12.0. The van der Waals surface area contributed by atoms with E-state index in [0.29, 0.717) is 5.57 Å². The standard InChI is InChI=1S/C41H49N3O2/c1-7-43(8-2)33-21-15-30(16-22-33)40(31-17-23-34(24-18-31)44(9-3)10-4)38-27-28-39(37-14-12-11-13-36(37)38)42-32-19-25-35(26-20-32)46-41(45)29(5)6/h11-18,21-24,27-28,32,35H,5,7-10,19-20,25-26H2,1-4,6H3. The zero-order valence-electron chi connectivity index (χ0n) is 28.3. The number of benzene rings is 3. The van der Waals surface area contributed by atoms with E-state index in [0.717, 1.165) is 63.1 Å². The molecule has 5 heteroatoms. The van der Waals surface area contributed by atoms with Gasteiger partial charge in [-0.25, -0.2) is 4.79 Å². The van der Waals surface area contributed by atoms with Crippen LogP contribution in [0.1, 0.15) is 82.6 Å². The van der Waals surface area contributed by atoms with Crippen molar-refractivity contribution >= 4 is 34.2 Å². The van der Waals surface area contributed by atoms with Gasteiger partial charge >= 0.3 is 5.97 Å². The number of esters is 1. The molecule has 0 spiro atoms. The first kappa shape index (κ1) is 33.0. The fourth-order valence-electron chi connectivity index (χ4n) is 6.69. The van der Waals surface area contributed by atoms with Crippen LogP contribution < -0.4 is 9.80 Å². The van der Waals surface area contributed by atoms with Crippen LogP contribution in [-0.2, 0) is 9.53 Å². The van der Waals surface area contributed by atoms with Crippen molar-refractivity contribution in [3.05, 3.63) is 119 Å². The lowest BCUT2D eigenvalue weighted by molar-refractivity contribution is -0.145. The summed E-state index contributed by atoms with van der Waals surface area (Å²) in [5.74, 6) is -0.292. The summed E-state index contributed by atoms with van der Waals surface area (Å²) in [5.41, 5.74) is 11.1. The SMILES string of the molecule is C=C(C)C(=O)OC1CCC(N=C2C=CC(=C(c3ccc(N(CC)CC)cc3)c3ccc(N(CC)CC)cc3)c3ccccc32)CC1. The number of hydrogen-bond acceptors (Lipinski definition) is 5. The molecule has 2 aliphatic rings. The number of carbonyl (C=O) groups excluding carboxylic acids is 1. The molecule has 0 unspecified atom stereocenters. The Bertz CT molecular complexity index is 1540. The summed E-state index contributed by atoms with van der Waals surface area (Å²) in [7, 11) is 0. The summed E-state index contributed by atoms with van der Waals surface area (Å²) >= 11 is 0. The fraction of sp³-hybridized carbons (Fsp3) is 0.366. The molecular weight excluding hydrogens is 566 g/mol. The van der Waals surface area contributed by atoms with E-state index < -0.39 is 0 Å². The van der Waals surface area contributed by atoms with Crippen LogP contribution in [0.3, 0.4) is 0 Å². The summed E-state index contributed by atoms with van der Waals surface area (Å²) in [4.78, 5) is 22.0. The van der Waals surface area contributed by atoms with Gasteiger partial charge in [-0.15, -0.1) is 0 Å². The van der Waals surface area contributed by atoms with Crippen LogP contribution in [-0.4, -0.2) is 50.0 Å². The van der Waals surface area contributed by atoms with Gasteiger partial charge in [0.15, 0.2) is 0 Å². The third-order valence-corrected chi connectivity index (χ3v) is 9.33. The van der Waals surface area contributed by atoms with Crippen LogP contribution in [0.25, 0.3) is 11.1 Å². The Labute approximate surface area is 276 Å². The molecule has 0 bridgehead atoms. The van der Waals surface area contributed by atoms with Crippen LogP contribution >= 0.6 is 0 Å². The topological polar surface area (TPSA) is 45.1 Å². The molecule has 3 aromatic rings. The average molecular weight is 616 g/mol. The highest BCUT2D eigenvalue weighted by atomic mass is 16.5. The van der Waals surface area contributed by atoms with Gasteiger partial charge in [0.1, 0.15) is 6.10 Å². The van der Waals surface area contributed by atoms with Gasteiger partial charge in [0.25, 0.3) is 0 Å². The van der Waals surface area contributed by atoms with Crippen molar-refractivity contribution in [2.75, 3.05) is 36.0 Å². The molecule has 2 aliphatic carbocycles. The van der Waals surface area contributed by atoms with Crippen molar-refractivity contribution in [3.63, 3.8) is 0 Å². The lowest BCUT2D eigenvalue weighted by atomic mass is 9.83. The molecule has 0 saturated heterocycles. The molecule has 0 heterocycles. The molecule has 0 amide bonds. The number of carbonyl (C=O) groups is 1. The van der Waals surface area contributed by atoms with Crippen molar-refractivity contribution in [3.8, 4) is 0 Å². The number of nitrogens with zero attached hydrogens (tertiary/aromatic N) is 3. The molecule has 0 aromatic heterocycles. The Kier molecular flexibility index (Phi) is 11.0.